The van der Waals surface area contributed by atoms with Crippen molar-refractivity contribution >= 4 is 23.2 Å². The molecule has 2 nitrogen and oxygen atoms in total. The van der Waals surface area contributed by atoms with Crippen LogP contribution in [0.3, 0.4) is 0 Å². The smallest absolute Gasteiger partial charge is 0.201 e. The van der Waals surface area contributed by atoms with E-state index in [9.17, 15) is 5.21 Å². The van der Waals surface area contributed by atoms with Crippen molar-refractivity contribution in [2.75, 3.05) is 6.54 Å². The predicted octanol–water partition coefficient (Wildman–Crippen LogP) is 4.55. The van der Waals surface area contributed by atoms with E-state index in [-0.39, 0.29) is 12.0 Å². The fourth-order valence-electron chi connectivity index (χ4n) is 2.95. The fourth-order valence-corrected chi connectivity index (χ4v) is 3.35. The number of rotatable bonds is 2. The quantitative estimate of drug-likeness (QED) is 0.446. The van der Waals surface area contributed by atoms with Crippen molar-refractivity contribution in [2.45, 2.75) is 24.8 Å². The molecule has 100 valence electrons. The van der Waals surface area contributed by atoms with Gasteiger partial charge >= 0.3 is 0 Å². The molecule has 1 aliphatic heterocycles. The van der Waals surface area contributed by atoms with Gasteiger partial charge in [0, 0.05) is 23.4 Å². The van der Waals surface area contributed by atoms with E-state index in [2.05, 4.69) is 0 Å². The van der Waals surface area contributed by atoms with Gasteiger partial charge in [-0.25, -0.2) is 0 Å². The Labute approximate surface area is 123 Å². The Morgan fingerprint density at radius 2 is 1.84 bits per heavy atom. The van der Waals surface area contributed by atoms with Crippen LogP contribution < -0.4 is 0 Å². The normalized spacial score (nSPS) is 33.7. The molecule has 1 fully saturated rings. The molecule has 0 aromatic heterocycles. The van der Waals surface area contributed by atoms with Gasteiger partial charge in [-0.3, -0.25) is 0 Å². The van der Waals surface area contributed by atoms with Crippen molar-refractivity contribution in [3.8, 4) is 0 Å². The van der Waals surface area contributed by atoms with E-state index < -0.39 is 4.65 Å². The van der Waals surface area contributed by atoms with E-state index >= 15 is 0 Å². The summed E-state index contributed by atoms with van der Waals surface area (Å²) in [5, 5.41) is 14.1. The molecular formula is C15H15Cl2NO. The fraction of sp³-hybridized carbons (Fsp3) is 0.333. The van der Waals surface area contributed by atoms with Gasteiger partial charge in [-0.05, 0) is 41.8 Å². The standard InChI is InChI=1S/C15H15Cl2NO/c16-12-6-4-11(5-7-12)13-8-9-14(13)18(19)10-2-1-3-15(18)17/h1-7,13-14H,8-10H2/t13-,14-,18?/m0/s1. The second-order valence-corrected chi connectivity index (χ2v) is 6.02. The van der Waals surface area contributed by atoms with Crippen molar-refractivity contribution in [3.63, 3.8) is 0 Å². The van der Waals surface area contributed by atoms with Crippen molar-refractivity contribution in [3.05, 3.63) is 63.4 Å². The highest BCUT2D eigenvalue weighted by Gasteiger charge is 2.45. The maximum Gasteiger partial charge on any atom is 0.201 e. The van der Waals surface area contributed by atoms with Crippen LogP contribution in [0.25, 0.3) is 0 Å². The molecule has 1 aliphatic carbocycles. The van der Waals surface area contributed by atoms with Crippen LogP contribution >= 0.6 is 23.2 Å². The third kappa shape index (κ3) is 2.23. The van der Waals surface area contributed by atoms with Gasteiger partial charge in [-0.2, -0.15) is 0 Å². The number of nitrogens with zero attached hydrogens (tertiary/aromatic N) is 1. The Bertz CT molecular complexity index is 538. The Morgan fingerprint density at radius 3 is 2.42 bits per heavy atom. The number of hydrogen-bond acceptors (Lipinski definition) is 1. The Hall–Kier alpha value is -0.800. The van der Waals surface area contributed by atoms with Gasteiger partial charge in [0.1, 0.15) is 12.6 Å². The van der Waals surface area contributed by atoms with Crippen LogP contribution in [0.1, 0.15) is 24.3 Å². The number of quaternary nitrogens is 1. The molecular weight excluding hydrogens is 281 g/mol. The lowest BCUT2D eigenvalue weighted by Crippen LogP contribution is -2.56. The molecule has 2 aliphatic rings. The summed E-state index contributed by atoms with van der Waals surface area (Å²) in [7, 11) is 0. The first kappa shape index (κ1) is 13.2. The Morgan fingerprint density at radius 1 is 1.11 bits per heavy atom. The zero-order chi connectivity index (χ0) is 13.5. The van der Waals surface area contributed by atoms with Gasteiger partial charge in [0.25, 0.3) is 0 Å². The van der Waals surface area contributed by atoms with Crippen LogP contribution in [0.4, 0.5) is 0 Å². The number of hydroxylamine groups is 3. The summed E-state index contributed by atoms with van der Waals surface area (Å²) in [6, 6.07) is 7.82. The Balaban J connectivity index is 1.85. The van der Waals surface area contributed by atoms with Crippen molar-refractivity contribution in [2.24, 2.45) is 0 Å². The first-order valence-corrected chi connectivity index (χ1v) is 7.24. The van der Waals surface area contributed by atoms with Crippen LogP contribution in [0, 0.1) is 5.21 Å². The lowest BCUT2D eigenvalue weighted by molar-refractivity contribution is -0.865. The topological polar surface area (TPSA) is 23.1 Å². The molecule has 19 heavy (non-hydrogen) atoms. The number of hydrogen-bond donors (Lipinski definition) is 0. The van der Waals surface area contributed by atoms with Crippen LogP contribution in [0.5, 0.6) is 0 Å². The zero-order valence-electron chi connectivity index (χ0n) is 10.4. The number of allylic oxidation sites excluding steroid dienone is 2. The van der Waals surface area contributed by atoms with Gasteiger partial charge < -0.3 is 9.85 Å². The maximum atomic E-state index is 12.9. The van der Waals surface area contributed by atoms with E-state index in [1.165, 1.54) is 5.56 Å². The maximum absolute atomic E-state index is 12.9. The van der Waals surface area contributed by atoms with Crippen LogP contribution in [-0.2, 0) is 0 Å². The summed E-state index contributed by atoms with van der Waals surface area (Å²) in [4.78, 5) is 0. The van der Waals surface area contributed by atoms with Gasteiger partial charge in [-0.15, -0.1) is 0 Å². The van der Waals surface area contributed by atoms with E-state index in [4.69, 9.17) is 23.2 Å². The van der Waals surface area contributed by atoms with Crippen LogP contribution in [-0.4, -0.2) is 17.2 Å². The summed E-state index contributed by atoms with van der Waals surface area (Å²) >= 11 is 12.1. The van der Waals surface area contributed by atoms with Gasteiger partial charge in [0.15, 0.2) is 0 Å². The molecule has 3 atom stereocenters. The Kier molecular flexibility index (Phi) is 3.44. The van der Waals surface area contributed by atoms with Crippen LogP contribution in [0.15, 0.2) is 47.6 Å². The molecule has 0 saturated heterocycles. The first-order chi connectivity index (χ1) is 9.11. The van der Waals surface area contributed by atoms with Gasteiger partial charge in [-0.1, -0.05) is 29.8 Å². The highest BCUT2D eigenvalue weighted by atomic mass is 35.5. The molecule has 1 aromatic rings. The molecule has 0 bridgehead atoms. The van der Waals surface area contributed by atoms with Crippen molar-refractivity contribution in [1.82, 2.24) is 0 Å². The second-order valence-electron chi connectivity index (χ2n) is 5.20. The molecule has 1 heterocycles. The first-order valence-electron chi connectivity index (χ1n) is 6.48. The zero-order valence-corrected chi connectivity index (χ0v) is 11.9. The monoisotopic (exact) mass is 295 g/mol. The summed E-state index contributed by atoms with van der Waals surface area (Å²) in [5.74, 6) is 0.281. The highest BCUT2D eigenvalue weighted by Crippen LogP contribution is 2.46. The molecule has 4 heteroatoms. The van der Waals surface area contributed by atoms with Gasteiger partial charge in [0.05, 0.1) is 0 Å². The molecule has 1 unspecified atom stereocenters. The van der Waals surface area contributed by atoms with Crippen LogP contribution in [0.2, 0.25) is 5.02 Å². The molecule has 1 saturated carbocycles. The highest BCUT2D eigenvalue weighted by molar-refractivity contribution is 6.30. The molecule has 0 N–H and O–H groups in total. The van der Waals surface area contributed by atoms with Crippen molar-refractivity contribution < 1.29 is 4.65 Å². The third-order valence-electron chi connectivity index (χ3n) is 4.18. The summed E-state index contributed by atoms with van der Waals surface area (Å²) in [6.45, 7) is 0.435. The van der Waals surface area contributed by atoms with E-state index in [0.717, 1.165) is 17.9 Å². The lowest BCUT2D eigenvalue weighted by atomic mass is 9.74. The molecule has 1 aromatic carbocycles. The minimum absolute atomic E-state index is 0.0230. The largest absolute Gasteiger partial charge is 0.626 e. The molecule has 0 radical (unpaired) electrons. The van der Waals surface area contributed by atoms with Gasteiger partial charge in [0.2, 0.25) is 5.16 Å². The third-order valence-corrected chi connectivity index (χ3v) is 4.84. The number of benzene rings is 1. The average molecular weight is 296 g/mol. The summed E-state index contributed by atoms with van der Waals surface area (Å²) in [6.07, 6.45) is 7.44. The van der Waals surface area contributed by atoms with Crippen molar-refractivity contribution in [1.29, 1.82) is 0 Å². The minimum Gasteiger partial charge on any atom is -0.626 e. The SMILES string of the molecule is [O-][N+]1([C@H]2CC[C@H]2c2ccc(Cl)cc2)CC=CC=C1Cl. The average Bonchev–Trinajstić information content (AvgIpc) is 2.34. The molecule has 0 spiro atoms. The number of halogens is 2. The molecule has 0 amide bonds. The van der Waals surface area contributed by atoms with E-state index in [1.54, 1.807) is 6.08 Å². The van der Waals surface area contributed by atoms with E-state index in [0.29, 0.717) is 11.7 Å². The summed E-state index contributed by atoms with van der Waals surface area (Å²) in [5.41, 5.74) is 1.19. The van der Waals surface area contributed by atoms with E-state index in [1.807, 2.05) is 36.4 Å². The minimum atomic E-state index is -0.411. The molecule has 3 rings (SSSR count). The summed E-state index contributed by atoms with van der Waals surface area (Å²) < 4.78 is -0.411. The lowest BCUT2D eigenvalue weighted by Gasteiger charge is -2.55. The predicted molar refractivity (Wildman–Crippen MR) is 78.8 cm³/mol. The second kappa shape index (κ2) is 4.95.